The van der Waals surface area contributed by atoms with E-state index in [1.165, 1.54) is 0 Å². The first-order valence-electron chi connectivity index (χ1n) is 4.17. The first-order chi connectivity index (χ1) is 8.63. The van der Waals surface area contributed by atoms with Gasteiger partial charge in [-0.05, 0) is 0 Å². The van der Waals surface area contributed by atoms with E-state index < -0.39 is 23.4 Å². The molecule has 0 spiro atoms. The van der Waals surface area contributed by atoms with Gasteiger partial charge in [0.25, 0.3) is 10.2 Å². The molecule has 0 bridgehead atoms. The average molecular weight is 264 g/mol. The lowest BCUT2D eigenvalue weighted by Gasteiger charge is -1.95. The smallest absolute Gasteiger partial charge is 0.294 e. The molecule has 0 radical (unpaired) electrons. The standard InChI is InChI=1S/C2H4N2O6.4C2H4/c5-3(6)9-1-2-10-4(7)8;4*1-2/h1-2H2;4*1-2H2. The lowest BCUT2D eigenvalue weighted by molar-refractivity contribution is -0.780. The summed E-state index contributed by atoms with van der Waals surface area (Å²) in [6.45, 7) is 23.1. The molecule has 0 unspecified atom stereocenters. The maximum absolute atomic E-state index is 9.40. The molecule has 0 aromatic heterocycles. The Morgan fingerprint density at radius 2 is 0.833 bits per heavy atom. The molecule has 0 amide bonds. The molecular formula is C10H20N2O6. The summed E-state index contributed by atoms with van der Waals surface area (Å²) < 4.78 is 0. The summed E-state index contributed by atoms with van der Waals surface area (Å²) in [5.74, 6) is 0. The summed E-state index contributed by atoms with van der Waals surface area (Å²) in [5.41, 5.74) is 0. The van der Waals surface area contributed by atoms with Crippen molar-refractivity contribution in [3.63, 3.8) is 0 Å². The molecule has 8 heteroatoms. The summed E-state index contributed by atoms with van der Waals surface area (Å²) in [7, 11) is 0. The Labute approximate surface area is 107 Å². The summed E-state index contributed by atoms with van der Waals surface area (Å²) in [6, 6.07) is 0. The molecule has 8 nitrogen and oxygen atoms in total. The van der Waals surface area contributed by atoms with Crippen molar-refractivity contribution in [3.8, 4) is 0 Å². The summed E-state index contributed by atoms with van der Waals surface area (Å²) >= 11 is 0. The normalized spacial score (nSPS) is 5.56. The van der Waals surface area contributed by atoms with Crippen molar-refractivity contribution >= 4 is 0 Å². The minimum absolute atomic E-state index is 0.437. The molecule has 18 heavy (non-hydrogen) atoms. The highest BCUT2D eigenvalue weighted by Crippen LogP contribution is 1.77. The highest BCUT2D eigenvalue weighted by molar-refractivity contribution is 4.23. The second-order valence-corrected chi connectivity index (χ2v) is 1.11. The fourth-order valence-corrected chi connectivity index (χ4v) is 0.224. The predicted molar refractivity (Wildman–Crippen MR) is 70.9 cm³/mol. The van der Waals surface area contributed by atoms with Crippen LogP contribution in [-0.4, -0.2) is 23.4 Å². The van der Waals surface area contributed by atoms with Crippen LogP contribution in [0.1, 0.15) is 0 Å². The first kappa shape index (κ1) is 29.5. The van der Waals surface area contributed by atoms with Crippen LogP contribution in [0.15, 0.2) is 52.6 Å². The first-order valence-corrected chi connectivity index (χ1v) is 4.17. The molecule has 0 atom stereocenters. The third-order valence-corrected chi connectivity index (χ3v) is 0.477. The molecule has 0 heterocycles. The molecule has 0 rings (SSSR count). The van der Waals surface area contributed by atoms with Crippen molar-refractivity contribution in [2.75, 3.05) is 13.2 Å². The highest BCUT2D eigenvalue weighted by atomic mass is 17.0. The molecule has 0 aliphatic heterocycles. The topological polar surface area (TPSA) is 105 Å². The van der Waals surface area contributed by atoms with E-state index in [-0.39, 0.29) is 0 Å². The van der Waals surface area contributed by atoms with Gasteiger partial charge in [0.15, 0.2) is 0 Å². The van der Waals surface area contributed by atoms with E-state index in [4.69, 9.17) is 0 Å². The minimum Gasteiger partial charge on any atom is -0.312 e. The summed E-state index contributed by atoms with van der Waals surface area (Å²) in [5, 5.41) is 16.7. The molecule has 0 saturated heterocycles. The van der Waals surface area contributed by atoms with Gasteiger partial charge in [0, 0.05) is 0 Å². The Morgan fingerprint density at radius 3 is 0.944 bits per heavy atom. The average Bonchev–Trinajstić information content (AvgIpc) is 2.43. The van der Waals surface area contributed by atoms with Crippen molar-refractivity contribution in [3.05, 3.63) is 72.9 Å². The van der Waals surface area contributed by atoms with E-state index in [0.717, 1.165) is 0 Å². The number of hydrogen-bond donors (Lipinski definition) is 0. The monoisotopic (exact) mass is 264 g/mol. The van der Waals surface area contributed by atoms with Gasteiger partial charge < -0.3 is 9.68 Å². The van der Waals surface area contributed by atoms with Crippen molar-refractivity contribution in [2.45, 2.75) is 0 Å². The minimum atomic E-state index is -1.05. The van der Waals surface area contributed by atoms with Gasteiger partial charge in [-0.15, -0.1) is 72.9 Å². The van der Waals surface area contributed by atoms with Gasteiger partial charge in [-0.3, -0.25) is 0 Å². The second-order valence-electron chi connectivity index (χ2n) is 1.11. The molecule has 0 aromatic carbocycles. The molecule has 0 fully saturated rings. The second kappa shape index (κ2) is 47.3. The molecular weight excluding hydrogens is 244 g/mol. The summed E-state index contributed by atoms with van der Waals surface area (Å²) in [6.07, 6.45) is 0. The van der Waals surface area contributed by atoms with Crippen LogP contribution >= 0.6 is 0 Å². The molecule has 0 aromatic rings. The maximum Gasteiger partial charge on any atom is 0.294 e. The number of nitrogens with zero attached hydrogens (tertiary/aromatic N) is 2. The summed E-state index contributed by atoms with van der Waals surface area (Å²) in [4.78, 5) is 26.2. The van der Waals surface area contributed by atoms with Crippen LogP contribution in [0.25, 0.3) is 0 Å². The SMILES string of the molecule is C=C.C=C.C=C.C=C.O=[N+]([O-])OCCO[N+](=O)[O-]. The van der Waals surface area contributed by atoms with Gasteiger partial charge in [-0.1, -0.05) is 0 Å². The molecule has 0 aliphatic carbocycles. The maximum atomic E-state index is 9.40. The Hall–Kier alpha value is -2.64. The van der Waals surface area contributed by atoms with E-state index in [2.05, 4.69) is 62.3 Å². The zero-order chi connectivity index (χ0) is 16.0. The highest BCUT2D eigenvalue weighted by Gasteiger charge is 1.96. The Balaban J connectivity index is -0.0000000596. The zero-order valence-electron chi connectivity index (χ0n) is 10.4. The Kier molecular flexibility index (Phi) is 77.6. The molecule has 0 N–H and O–H groups in total. The van der Waals surface area contributed by atoms with Crippen LogP contribution in [0.3, 0.4) is 0 Å². The van der Waals surface area contributed by atoms with Crippen molar-refractivity contribution < 1.29 is 19.8 Å². The van der Waals surface area contributed by atoms with Crippen LogP contribution < -0.4 is 0 Å². The van der Waals surface area contributed by atoms with Gasteiger partial charge >= 0.3 is 0 Å². The Bertz CT molecular complexity index is 165. The Morgan fingerprint density at radius 1 is 0.667 bits per heavy atom. The van der Waals surface area contributed by atoms with Gasteiger partial charge in [0.1, 0.15) is 13.2 Å². The van der Waals surface area contributed by atoms with Crippen LogP contribution in [0.5, 0.6) is 0 Å². The third-order valence-electron chi connectivity index (χ3n) is 0.477. The van der Waals surface area contributed by atoms with Gasteiger partial charge in [0.05, 0.1) is 0 Å². The van der Waals surface area contributed by atoms with Crippen LogP contribution in [0.2, 0.25) is 0 Å². The van der Waals surface area contributed by atoms with Gasteiger partial charge in [-0.25, -0.2) is 0 Å². The largest absolute Gasteiger partial charge is 0.312 e. The van der Waals surface area contributed by atoms with E-state index in [0.29, 0.717) is 0 Å². The fourth-order valence-electron chi connectivity index (χ4n) is 0.224. The quantitative estimate of drug-likeness (QED) is 0.327. The van der Waals surface area contributed by atoms with Crippen molar-refractivity contribution in [2.24, 2.45) is 0 Å². The van der Waals surface area contributed by atoms with Gasteiger partial charge in [0.2, 0.25) is 0 Å². The van der Waals surface area contributed by atoms with E-state index in [1.54, 1.807) is 0 Å². The van der Waals surface area contributed by atoms with E-state index in [9.17, 15) is 20.2 Å². The molecule has 0 aliphatic rings. The van der Waals surface area contributed by atoms with Gasteiger partial charge in [-0.2, -0.15) is 0 Å². The predicted octanol–water partition coefficient (Wildman–Crippen LogP) is 2.61. The van der Waals surface area contributed by atoms with Crippen LogP contribution in [0, 0.1) is 20.2 Å². The zero-order valence-corrected chi connectivity index (χ0v) is 10.4. The number of rotatable bonds is 5. The van der Waals surface area contributed by atoms with Crippen molar-refractivity contribution in [1.82, 2.24) is 0 Å². The van der Waals surface area contributed by atoms with Crippen molar-refractivity contribution in [1.29, 1.82) is 0 Å². The van der Waals surface area contributed by atoms with Crippen LogP contribution in [0.4, 0.5) is 0 Å². The van der Waals surface area contributed by atoms with E-state index >= 15 is 0 Å². The molecule has 106 valence electrons. The molecule has 0 saturated carbocycles. The lowest BCUT2D eigenvalue weighted by atomic mass is 10.8. The third kappa shape index (κ3) is 107. The fraction of sp³-hybridized carbons (Fsp3) is 0.200. The lowest BCUT2D eigenvalue weighted by Crippen LogP contribution is -2.11. The van der Waals surface area contributed by atoms with E-state index in [1.807, 2.05) is 0 Å². The van der Waals surface area contributed by atoms with Crippen LogP contribution in [-0.2, 0) is 9.68 Å². The number of hydrogen-bond acceptors (Lipinski definition) is 6.